The van der Waals surface area contributed by atoms with Crippen LogP contribution < -0.4 is 0 Å². The van der Waals surface area contributed by atoms with Crippen LogP contribution in [0.2, 0.25) is 0 Å². The van der Waals surface area contributed by atoms with Gasteiger partial charge in [0.2, 0.25) is 0 Å². The van der Waals surface area contributed by atoms with Crippen LogP contribution in [0.5, 0.6) is 0 Å². The van der Waals surface area contributed by atoms with E-state index in [2.05, 4.69) is 40.7 Å². The van der Waals surface area contributed by atoms with E-state index in [1.165, 1.54) is 6.42 Å². The van der Waals surface area contributed by atoms with Gasteiger partial charge in [0.25, 0.3) is 0 Å². The zero-order valence-electron chi connectivity index (χ0n) is 8.44. The van der Waals surface area contributed by atoms with Gasteiger partial charge in [-0.3, -0.25) is 0 Å². The maximum Gasteiger partial charge on any atom is -0.0180 e. The maximum atomic E-state index is 2.40. The number of allylic oxidation sites excluding steroid dienone is 2. The molecule has 64 valence electrons. The van der Waals surface area contributed by atoms with Gasteiger partial charge in [-0.1, -0.05) is 39.3 Å². The molecule has 1 aliphatic carbocycles. The fraction of sp³-hybridized carbons (Fsp3) is 0.818. The average Bonchev–Trinajstić information content (AvgIpc) is 1.95. The first-order valence-corrected chi connectivity index (χ1v) is 4.63. The predicted molar refractivity (Wildman–Crippen MR) is 50.5 cm³/mol. The van der Waals surface area contributed by atoms with E-state index in [4.69, 9.17) is 0 Å². The molecule has 0 heterocycles. The highest BCUT2D eigenvalue weighted by molar-refractivity contribution is 5.12. The molecule has 11 heavy (non-hydrogen) atoms. The van der Waals surface area contributed by atoms with Crippen molar-refractivity contribution in [3.05, 3.63) is 11.6 Å². The van der Waals surface area contributed by atoms with Crippen molar-refractivity contribution in [2.75, 3.05) is 0 Å². The van der Waals surface area contributed by atoms with E-state index in [-0.39, 0.29) is 0 Å². The maximum absolute atomic E-state index is 2.40. The summed E-state index contributed by atoms with van der Waals surface area (Å²) in [5.41, 5.74) is 2.08. The highest BCUT2D eigenvalue weighted by atomic mass is 14.4. The molecule has 0 saturated carbocycles. The third kappa shape index (κ3) is 1.36. The minimum Gasteiger partial charge on any atom is -0.0850 e. The van der Waals surface area contributed by atoms with Crippen molar-refractivity contribution in [2.45, 2.75) is 41.0 Å². The Balaban J connectivity index is 2.89. The van der Waals surface area contributed by atoms with Crippen LogP contribution >= 0.6 is 0 Å². The van der Waals surface area contributed by atoms with Gasteiger partial charge < -0.3 is 0 Å². The van der Waals surface area contributed by atoms with E-state index in [1.54, 1.807) is 5.57 Å². The lowest BCUT2D eigenvalue weighted by atomic mass is 9.64. The van der Waals surface area contributed by atoms with Gasteiger partial charge in [-0.25, -0.2) is 0 Å². The van der Waals surface area contributed by atoms with E-state index < -0.39 is 0 Å². The molecule has 0 spiro atoms. The summed E-state index contributed by atoms with van der Waals surface area (Å²) < 4.78 is 0. The molecule has 0 nitrogen and oxygen atoms in total. The van der Waals surface area contributed by atoms with Crippen LogP contribution in [0.4, 0.5) is 0 Å². The van der Waals surface area contributed by atoms with E-state index in [0.717, 1.165) is 11.8 Å². The zero-order chi connectivity index (χ0) is 8.65. The average molecular weight is 152 g/mol. The molecule has 0 fully saturated rings. The Morgan fingerprint density at radius 1 is 1.36 bits per heavy atom. The van der Waals surface area contributed by atoms with Crippen molar-refractivity contribution >= 4 is 0 Å². The second kappa shape index (κ2) is 2.66. The largest absolute Gasteiger partial charge is 0.0850 e. The molecular formula is C11H20. The van der Waals surface area contributed by atoms with E-state index in [0.29, 0.717) is 5.41 Å². The van der Waals surface area contributed by atoms with Gasteiger partial charge in [-0.05, 0) is 30.6 Å². The van der Waals surface area contributed by atoms with Crippen molar-refractivity contribution in [3.8, 4) is 0 Å². The second-order valence-electron chi connectivity index (χ2n) is 4.63. The number of hydrogen-bond donors (Lipinski definition) is 0. The third-order valence-electron chi connectivity index (χ3n) is 3.86. The van der Waals surface area contributed by atoms with Crippen molar-refractivity contribution in [1.82, 2.24) is 0 Å². The summed E-state index contributed by atoms with van der Waals surface area (Å²) in [7, 11) is 0. The molecule has 0 aromatic carbocycles. The minimum atomic E-state index is 0.499. The molecule has 0 amide bonds. The van der Waals surface area contributed by atoms with Crippen LogP contribution in [0.1, 0.15) is 41.0 Å². The molecule has 0 bridgehead atoms. The van der Waals surface area contributed by atoms with Crippen molar-refractivity contribution < 1.29 is 0 Å². The summed E-state index contributed by atoms with van der Waals surface area (Å²) in [4.78, 5) is 0. The molecule has 0 radical (unpaired) electrons. The summed E-state index contributed by atoms with van der Waals surface area (Å²) in [6.07, 6.45) is 3.67. The standard InChI is InChI=1S/C11H20/c1-8-6-7-9(2)11(4,5)10(8)3/h6,9-10H,7H2,1-5H3/t9-,10+/m0/s1. The second-order valence-corrected chi connectivity index (χ2v) is 4.63. The van der Waals surface area contributed by atoms with Gasteiger partial charge in [0.1, 0.15) is 0 Å². The number of rotatable bonds is 0. The van der Waals surface area contributed by atoms with Gasteiger partial charge >= 0.3 is 0 Å². The molecule has 0 aromatic heterocycles. The third-order valence-corrected chi connectivity index (χ3v) is 3.86. The lowest BCUT2D eigenvalue weighted by Crippen LogP contribution is -2.32. The Labute approximate surface area is 70.7 Å². The molecule has 1 aliphatic rings. The summed E-state index contributed by atoms with van der Waals surface area (Å²) in [6, 6.07) is 0. The van der Waals surface area contributed by atoms with Crippen molar-refractivity contribution in [3.63, 3.8) is 0 Å². The van der Waals surface area contributed by atoms with Crippen molar-refractivity contribution in [2.24, 2.45) is 17.3 Å². The first-order valence-electron chi connectivity index (χ1n) is 4.63. The Hall–Kier alpha value is -0.260. The molecule has 0 aliphatic heterocycles. The SMILES string of the molecule is CC1=CC[C@H](C)C(C)(C)[C@@H]1C. The zero-order valence-corrected chi connectivity index (χ0v) is 8.44. The normalized spacial score (nSPS) is 36.6. The van der Waals surface area contributed by atoms with Gasteiger partial charge in [-0.15, -0.1) is 0 Å². The molecule has 2 atom stereocenters. The van der Waals surface area contributed by atoms with Crippen LogP contribution in [-0.2, 0) is 0 Å². The van der Waals surface area contributed by atoms with Crippen molar-refractivity contribution in [1.29, 1.82) is 0 Å². The summed E-state index contributed by atoms with van der Waals surface area (Å²) in [5.74, 6) is 1.59. The van der Waals surface area contributed by atoms with Crippen LogP contribution in [0.15, 0.2) is 11.6 Å². The van der Waals surface area contributed by atoms with Gasteiger partial charge in [0.15, 0.2) is 0 Å². The van der Waals surface area contributed by atoms with Crippen LogP contribution in [0.25, 0.3) is 0 Å². The fourth-order valence-electron chi connectivity index (χ4n) is 1.86. The first kappa shape index (κ1) is 8.83. The smallest absolute Gasteiger partial charge is 0.0180 e. The minimum absolute atomic E-state index is 0.499. The first-order chi connectivity index (χ1) is 4.96. The Bertz CT molecular complexity index is 174. The van der Waals surface area contributed by atoms with E-state index in [9.17, 15) is 0 Å². The summed E-state index contributed by atoms with van der Waals surface area (Å²) in [6.45, 7) is 11.7. The lowest BCUT2D eigenvalue weighted by Gasteiger charge is -2.41. The topological polar surface area (TPSA) is 0 Å². The van der Waals surface area contributed by atoms with Gasteiger partial charge in [-0.2, -0.15) is 0 Å². The van der Waals surface area contributed by atoms with E-state index in [1.807, 2.05) is 0 Å². The summed E-state index contributed by atoms with van der Waals surface area (Å²) in [5, 5.41) is 0. The molecular weight excluding hydrogens is 132 g/mol. The highest BCUT2D eigenvalue weighted by Gasteiger charge is 2.34. The Kier molecular flexibility index (Phi) is 2.13. The van der Waals surface area contributed by atoms with Gasteiger partial charge in [0, 0.05) is 0 Å². The fourth-order valence-corrected chi connectivity index (χ4v) is 1.86. The van der Waals surface area contributed by atoms with E-state index >= 15 is 0 Å². The summed E-state index contributed by atoms with van der Waals surface area (Å²) >= 11 is 0. The molecule has 0 saturated heterocycles. The molecule has 0 heteroatoms. The highest BCUT2D eigenvalue weighted by Crippen LogP contribution is 2.44. The van der Waals surface area contributed by atoms with Crippen LogP contribution in [0, 0.1) is 17.3 Å². The predicted octanol–water partition coefficient (Wildman–Crippen LogP) is 3.63. The van der Waals surface area contributed by atoms with Crippen LogP contribution in [0.3, 0.4) is 0 Å². The Morgan fingerprint density at radius 2 is 1.91 bits per heavy atom. The van der Waals surface area contributed by atoms with Gasteiger partial charge in [0.05, 0.1) is 0 Å². The van der Waals surface area contributed by atoms with Crippen LogP contribution in [-0.4, -0.2) is 0 Å². The molecule has 0 unspecified atom stereocenters. The lowest BCUT2D eigenvalue weighted by molar-refractivity contribution is 0.150. The molecule has 1 rings (SSSR count). The molecule has 0 aromatic rings. The molecule has 0 N–H and O–H groups in total. The monoisotopic (exact) mass is 152 g/mol. The quantitative estimate of drug-likeness (QED) is 0.465. The Morgan fingerprint density at radius 3 is 2.36 bits per heavy atom. The number of hydrogen-bond acceptors (Lipinski definition) is 0.